The first-order valence-corrected chi connectivity index (χ1v) is 3.53. The van der Waals surface area contributed by atoms with Crippen LogP contribution in [0.1, 0.15) is 19.8 Å². The van der Waals surface area contributed by atoms with Crippen molar-refractivity contribution in [3.8, 4) is 0 Å². The SMILES string of the molecule is CC(C(=O)O)[C@@H]1CCC(=O)O1. The maximum absolute atomic E-state index is 10.6. The van der Waals surface area contributed by atoms with E-state index in [0.717, 1.165) is 0 Å². The molecule has 1 aliphatic heterocycles. The van der Waals surface area contributed by atoms with Gasteiger partial charge in [0.05, 0.1) is 5.92 Å². The molecular formula is C7H10O4. The van der Waals surface area contributed by atoms with Crippen molar-refractivity contribution in [3.63, 3.8) is 0 Å². The normalized spacial score (nSPS) is 26.3. The summed E-state index contributed by atoms with van der Waals surface area (Å²) in [6.45, 7) is 1.55. The lowest BCUT2D eigenvalue weighted by molar-refractivity contribution is -0.150. The molecule has 1 unspecified atom stereocenters. The van der Waals surface area contributed by atoms with Gasteiger partial charge in [0.1, 0.15) is 6.10 Å². The molecule has 0 spiro atoms. The van der Waals surface area contributed by atoms with E-state index in [1.807, 2.05) is 0 Å². The van der Waals surface area contributed by atoms with Gasteiger partial charge in [0, 0.05) is 6.42 Å². The van der Waals surface area contributed by atoms with E-state index in [4.69, 9.17) is 9.84 Å². The molecular weight excluding hydrogens is 148 g/mol. The second-order valence-electron chi connectivity index (χ2n) is 2.69. The van der Waals surface area contributed by atoms with Gasteiger partial charge in [-0.25, -0.2) is 0 Å². The van der Waals surface area contributed by atoms with Gasteiger partial charge < -0.3 is 9.84 Å². The summed E-state index contributed by atoms with van der Waals surface area (Å²) in [5, 5.41) is 8.54. The van der Waals surface area contributed by atoms with Gasteiger partial charge in [-0.2, -0.15) is 0 Å². The third-order valence-electron chi connectivity index (χ3n) is 1.86. The van der Waals surface area contributed by atoms with Crippen LogP contribution < -0.4 is 0 Å². The van der Waals surface area contributed by atoms with Crippen molar-refractivity contribution in [2.45, 2.75) is 25.9 Å². The largest absolute Gasteiger partial charge is 0.481 e. The number of carbonyl (C=O) groups excluding carboxylic acids is 1. The maximum Gasteiger partial charge on any atom is 0.309 e. The summed E-state index contributed by atoms with van der Waals surface area (Å²) < 4.78 is 4.76. The molecule has 0 bridgehead atoms. The van der Waals surface area contributed by atoms with Crippen molar-refractivity contribution in [2.75, 3.05) is 0 Å². The van der Waals surface area contributed by atoms with Crippen molar-refractivity contribution >= 4 is 11.9 Å². The van der Waals surface area contributed by atoms with Gasteiger partial charge in [-0.15, -0.1) is 0 Å². The minimum Gasteiger partial charge on any atom is -0.481 e. The summed E-state index contributed by atoms with van der Waals surface area (Å²) in [5.74, 6) is -1.78. The predicted molar refractivity (Wildman–Crippen MR) is 35.9 cm³/mol. The first-order chi connectivity index (χ1) is 5.11. The highest BCUT2D eigenvalue weighted by atomic mass is 16.6. The van der Waals surface area contributed by atoms with Crippen LogP contribution >= 0.6 is 0 Å². The van der Waals surface area contributed by atoms with Crippen molar-refractivity contribution in [3.05, 3.63) is 0 Å². The van der Waals surface area contributed by atoms with Crippen LogP contribution in [0, 0.1) is 5.92 Å². The minimum absolute atomic E-state index is 0.289. The Balaban J connectivity index is 2.49. The lowest BCUT2D eigenvalue weighted by Gasteiger charge is -2.12. The molecule has 1 saturated heterocycles. The zero-order valence-electron chi connectivity index (χ0n) is 6.24. The molecule has 0 aromatic carbocycles. The third kappa shape index (κ3) is 1.69. The Morgan fingerprint density at radius 1 is 1.82 bits per heavy atom. The van der Waals surface area contributed by atoms with Gasteiger partial charge in [0.2, 0.25) is 0 Å². The van der Waals surface area contributed by atoms with Crippen LogP contribution in [0.2, 0.25) is 0 Å². The highest BCUT2D eigenvalue weighted by molar-refractivity contribution is 5.75. The molecule has 0 radical (unpaired) electrons. The topological polar surface area (TPSA) is 63.6 Å². The lowest BCUT2D eigenvalue weighted by Crippen LogP contribution is -2.24. The number of carbonyl (C=O) groups is 2. The smallest absolute Gasteiger partial charge is 0.309 e. The number of carboxylic acid groups (broad SMARTS) is 1. The molecule has 1 fully saturated rings. The van der Waals surface area contributed by atoms with Crippen LogP contribution in [-0.2, 0) is 14.3 Å². The molecule has 1 rings (SSSR count). The molecule has 0 amide bonds. The minimum atomic E-state index is -0.912. The zero-order valence-corrected chi connectivity index (χ0v) is 6.24. The Hall–Kier alpha value is -1.06. The first-order valence-electron chi connectivity index (χ1n) is 3.53. The van der Waals surface area contributed by atoms with Crippen LogP contribution in [0.5, 0.6) is 0 Å². The molecule has 0 aromatic heterocycles. The van der Waals surface area contributed by atoms with Crippen molar-refractivity contribution in [1.29, 1.82) is 0 Å². The fraction of sp³-hybridized carbons (Fsp3) is 0.714. The summed E-state index contributed by atoms with van der Waals surface area (Å²) in [4.78, 5) is 21.0. The molecule has 4 nitrogen and oxygen atoms in total. The van der Waals surface area contributed by atoms with Crippen LogP contribution in [0.15, 0.2) is 0 Å². The van der Waals surface area contributed by atoms with Crippen LogP contribution in [0.25, 0.3) is 0 Å². The molecule has 0 saturated carbocycles. The van der Waals surface area contributed by atoms with E-state index in [2.05, 4.69) is 0 Å². The quantitative estimate of drug-likeness (QED) is 0.591. The Bertz CT molecular complexity index is 187. The Morgan fingerprint density at radius 2 is 2.45 bits per heavy atom. The van der Waals surface area contributed by atoms with Gasteiger partial charge >= 0.3 is 11.9 Å². The number of cyclic esters (lactones) is 1. The molecule has 2 atom stereocenters. The van der Waals surface area contributed by atoms with Gasteiger partial charge in [-0.05, 0) is 13.3 Å². The van der Waals surface area contributed by atoms with E-state index in [-0.39, 0.29) is 5.97 Å². The standard InChI is InChI=1S/C7H10O4/c1-4(7(9)10)5-2-3-6(8)11-5/h4-5H,2-3H2,1H3,(H,9,10)/t4?,5-/m0/s1. The number of hydrogen-bond acceptors (Lipinski definition) is 3. The van der Waals surface area contributed by atoms with Crippen molar-refractivity contribution in [2.24, 2.45) is 5.92 Å². The van der Waals surface area contributed by atoms with E-state index in [1.54, 1.807) is 6.92 Å². The highest BCUT2D eigenvalue weighted by Crippen LogP contribution is 2.20. The van der Waals surface area contributed by atoms with Gasteiger partial charge in [0.15, 0.2) is 0 Å². The van der Waals surface area contributed by atoms with E-state index in [1.165, 1.54) is 0 Å². The molecule has 0 aromatic rings. The van der Waals surface area contributed by atoms with Gasteiger partial charge in [-0.1, -0.05) is 0 Å². The Morgan fingerprint density at radius 3 is 2.82 bits per heavy atom. The molecule has 1 aliphatic rings. The number of rotatable bonds is 2. The lowest BCUT2D eigenvalue weighted by atomic mass is 10.0. The second kappa shape index (κ2) is 2.90. The summed E-state index contributed by atoms with van der Waals surface area (Å²) >= 11 is 0. The average Bonchev–Trinajstić information content (AvgIpc) is 2.34. The Kier molecular flexibility index (Phi) is 2.12. The maximum atomic E-state index is 10.6. The summed E-state index contributed by atoms with van der Waals surface area (Å²) in [7, 11) is 0. The monoisotopic (exact) mass is 158 g/mol. The van der Waals surface area contributed by atoms with E-state index in [0.29, 0.717) is 12.8 Å². The molecule has 62 valence electrons. The average molecular weight is 158 g/mol. The molecule has 11 heavy (non-hydrogen) atoms. The van der Waals surface area contributed by atoms with Crippen LogP contribution in [0.4, 0.5) is 0 Å². The van der Waals surface area contributed by atoms with Crippen LogP contribution in [0.3, 0.4) is 0 Å². The molecule has 0 aliphatic carbocycles. The van der Waals surface area contributed by atoms with E-state index < -0.39 is 18.0 Å². The number of aliphatic carboxylic acids is 1. The van der Waals surface area contributed by atoms with Gasteiger partial charge in [-0.3, -0.25) is 9.59 Å². The van der Waals surface area contributed by atoms with Gasteiger partial charge in [0.25, 0.3) is 0 Å². The van der Waals surface area contributed by atoms with E-state index >= 15 is 0 Å². The first kappa shape index (κ1) is 8.04. The fourth-order valence-corrected chi connectivity index (χ4v) is 1.06. The predicted octanol–water partition coefficient (Wildman–Crippen LogP) is 0.413. The second-order valence-corrected chi connectivity index (χ2v) is 2.69. The number of ether oxygens (including phenoxy) is 1. The fourth-order valence-electron chi connectivity index (χ4n) is 1.06. The zero-order chi connectivity index (χ0) is 8.43. The van der Waals surface area contributed by atoms with Crippen molar-refractivity contribution in [1.82, 2.24) is 0 Å². The molecule has 1 N–H and O–H groups in total. The number of hydrogen-bond donors (Lipinski definition) is 1. The summed E-state index contributed by atoms with van der Waals surface area (Å²) in [6, 6.07) is 0. The van der Waals surface area contributed by atoms with E-state index in [9.17, 15) is 9.59 Å². The molecule has 4 heteroatoms. The number of esters is 1. The number of carboxylic acids is 1. The summed E-state index contributed by atoms with van der Waals surface area (Å²) in [6.07, 6.45) is 0.467. The third-order valence-corrected chi connectivity index (χ3v) is 1.86. The van der Waals surface area contributed by atoms with Crippen LogP contribution in [-0.4, -0.2) is 23.1 Å². The molecule has 1 heterocycles. The Labute approximate surface area is 64.2 Å². The highest BCUT2D eigenvalue weighted by Gasteiger charge is 2.32. The summed E-state index contributed by atoms with van der Waals surface area (Å²) in [5.41, 5.74) is 0. The van der Waals surface area contributed by atoms with Crippen molar-refractivity contribution < 1.29 is 19.4 Å².